The van der Waals surface area contributed by atoms with Crippen molar-refractivity contribution in [2.45, 2.75) is 0 Å². The molecule has 5 nitrogen and oxygen atoms in total. The van der Waals surface area contributed by atoms with Gasteiger partial charge in [0, 0.05) is 18.9 Å². The lowest BCUT2D eigenvalue weighted by Crippen LogP contribution is -2.64. The first-order valence-electron chi connectivity index (χ1n) is 3.86. The zero-order valence-electron chi connectivity index (χ0n) is 6.55. The van der Waals surface area contributed by atoms with E-state index in [-0.39, 0.29) is 7.92 Å². The van der Waals surface area contributed by atoms with Crippen LogP contribution in [0.5, 0.6) is 0 Å². The number of rotatable bonds is 0. The standard InChI is InChI=1S/C5H10N3O2PS/c9-12(10)7-1-6-2-8(12)5-11(3-6)4-7/h1-5H2. The predicted octanol–water partition coefficient (Wildman–Crippen LogP) is -0.553. The van der Waals surface area contributed by atoms with Gasteiger partial charge in [-0.05, 0) is 0 Å². The molecular formula is C5H10N3O2PS. The SMILES string of the molecule is O=S1(=O)N2CN3CN1CP(C3)C2. The summed E-state index contributed by atoms with van der Waals surface area (Å²) in [5.41, 5.74) is 0. The third-order valence-electron chi connectivity index (χ3n) is 2.48. The van der Waals surface area contributed by atoms with Crippen LogP contribution in [0, 0.1) is 0 Å². The maximum absolute atomic E-state index is 11.6. The Morgan fingerprint density at radius 1 is 1.00 bits per heavy atom. The smallest absolute Gasteiger partial charge is 0.271 e. The molecule has 0 amide bonds. The van der Waals surface area contributed by atoms with Crippen molar-refractivity contribution in [1.82, 2.24) is 13.5 Å². The van der Waals surface area contributed by atoms with Gasteiger partial charge < -0.3 is 0 Å². The molecule has 4 aliphatic rings. The normalized spacial score (nSPS) is 54.3. The van der Waals surface area contributed by atoms with E-state index in [1.165, 1.54) is 0 Å². The lowest BCUT2D eigenvalue weighted by molar-refractivity contribution is 0.112. The first-order chi connectivity index (χ1) is 5.66. The number of hydrogen-bond donors (Lipinski definition) is 0. The van der Waals surface area contributed by atoms with E-state index in [1.54, 1.807) is 8.61 Å². The van der Waals surface area contributed by atoms with Crippen LogP contribution in [-0.4, -0.2) is 54.1 Å². The molecule has 68 valence electrons. The molecule has 0 aromatic rings. The fraction of sp³-hybridized carbons (Fsp3) is 1.00. The third kappa shape index (κ3) is 0.845. The molecule has 0 aromatic heterocycles. The molecule has 0 aromatic carbocycles. The van der Waals surface area contributed by atoms with Crippen molar-refractivity contribution < 1.29 is 8.42 Å². The summed E-state index contributed by atoms with van der Waals surface area (Å²) in [6.07, 6.45) is 2.73. The summed E-state index contributed by atoms with van der Waals surface area (Å²) >= 11 is 0. The Labute approximate surface area is 72.9 Å². The van der Waals surface area contributed by atoms with Gasteiger partial charge >= 0.3 is 0 Å². The van der Waals surface area contributed by atoms with Gasteiger partial charge in [-0.1, -0.05) is 7.92 Å². The maximum atomic E-state index is 11.6. The summed E-state index contributed by atoms with van der Waals surface area (Å²) in [5, 5.41) is 0. The quantitative estimate of drug-likeness (QED) is 0.500. The van der Waals surface area contributed by atoms with Crippen molar-refractivity contribution in [3.8, 4) is 0 Å². The van der Waals surface area contributed by atoms with E-state index >= 15 is 0 Å². The van der Waals surface area contributed by atoms with E-state index in [1.807, 2.05) is 0 Å². The molecule has 0 aliphatic carbocycles. The minimum atomic E-state index is -3.03. The number of nitrogens with zero attached hydrogens (tertiary/aromatic N) is 3. The Balaban J connectivity index is 2.06. The second kappa shape index (κ2) is 2.19. The minimum absolute atomic E-state index is 0.0715. The van der Waals surface area contributed by atoms with Gasteiger partial charge in [0.15, 0.2) is 0 Å². The third-order valence-corrected chi connectivity index (χ3v) is 6.94. The minimum Gasteiger partial charge on any atom is -0.271 e. The first kappa shape index (κ1) is 7.64. The van der Waals surface area contributed by atoms with Crippen molar-refractivity contribution in [3.05, 3.63) is 0 Å². The van der Waals surface area contributed by atoms with Gasteiger partial charge in [0.05, 0.1) is 13.3 Å². The molecule has 2 unspecified atom stereocenters. The summed E-state index contributed by atoms with van der Waals surface area (Å²) in [4.78, 5) is 2.21. The van der Waals surface area contributed by atoms with Crippen molar-refractivity contribution in [2.24, 2.45) is 0 Å². The first-order valence-corrected chi connectivity index (χ1v) is 7.16. The van der Waals surface area contributed by atoms with E-state index in [0.717, 1.165) is 18.9 Å². The lowest BCUT2D eigenvalue weighted by atomic mass is 10.7. The lowest BCUT2D eigenvalue weighted by Gasteiger charge is -2.53. The average molecular weight is 207 g/mol. The van der Waals surface area contributed by atoms with Crippen molar-refractivity contribution in [3.63, 3.8) is 0 Å². The van der Waals surface area contributed by atoms with Crippen LogP contribution in [-0.2, 0) is 10.2 Å². The van der Waals surface area contributed by atoms with Crippen LogP contribution in [0.15, 0.2) is 0 Å². The van der Waals surface area contributed by atoms with Crippen LogP contribution >= 0.6 is 7.92 Å². The zero-order chi connectivity index (χ0) is 8.34. The van der Waals surface area contributed by atoms with Gasteiger partial charge in [-0.15, -0.1) is 0 Å². The molecular weight excluding hydrogens is 197 g/mol. The van der Waals surface area contributed by atoms with Crippen molar-refractivity contribution in [1.29, 1.82) is 0 Å². The van der Waals surface area contributed by atoms with Gasteiger partial charge in [0.25, 0.3) is 10.2 Å². The summed E-state index contributed by atoms with van der Waals surface area (Å²) in [7, 11) is -3.10. The van der Waals surface area contributed by atoms with E-state index in [2.05, 4.69) is 4.90 Å². The predicted molar refractivity (Wildman–Crippen MR) is 45.7 cm³/mol. The Morgan fingerprint density at radius 3 is 2.08 bits per heavy atom. The monoisotopic (exact) mass is 207 g/mol. The molecule has 4 saturated heterocycles. The van der Waals surface area contributed by atoms with E-state index in [4.69, 9.17) is 0 Å². The summed E-state index contributed by atoms with van der Waals surface area (Å²) < 4.78 is 26.4. The second-order valence-electron chi connectivity index (χ2n) is 3.46. The molecule has 12 heavy (non-hydrogen) atoms. The van der Waals surface area contributed by atoms with Gasteiger partial charge in [0.1, 0.15) is 0 Å². The zero-order valence-corrected chi connectivity index (χ0v) is 8.26. The van der Waals surface area contributed by atoms with Gasteiger partial charge in [-0.25, -0.2) is 0 Å². The van der Waals surface area contributed by atoms with Crippen LogP contribution < -0.4 is 0 Å². The highest BCUT2D eigenvalue weighted by Crippen LogP contribution is 2.49. The van der Waals surface area contributed by atoms with Gasteiger partial charge in [-0.3, -0.25) is 4.90 Å². The Hall–Kier alpha value is 0.260. The van der Waals surface area contributed by atoms with E-state index in [9.17, 15) is 8.42 Å². The summed E-state index contributed by atoms with van der Waals surface area (Å²) in [6.45, 7) is 1.25. The van der Waals surface area contributed by atoms with Crippen molar-refractivity contribution >= 4 is 18.1 Å². The molecule has 4 bridgehead atoms. The molecule has 7 heteroatoms. The van der Waals surface area contributed by atoms with E-state index < -0.39 is 10.2 Å². The molecule has 0 radical (unpaired) electrons. The Bertz CT molecular complexity index is 283. The van der Waals surface area contributed by atoms with Crippen LogP contribution in [0.2, 0.25) is 0 Å². The Morgan fingerprint density at radius 2 is 1.58 bits per heavy atom. The molecule has 0 N–H and O–H groups in total. The molecule has 4 rings (SSSR count). The molecule has 4 fully saturated rings. The fourth-order valence-corrected chi connectivity index (χ4v) is 7.16. The topological polar surface area (TPSA) is 43.9 Å². The van der Waals surface area contributed by atoms with Crippen molar-refractivity contribution in [2.75, 3.05) is 32.2 Å². The summed E-state index contributed by atoms with van der Waals surface area (Å²) in [6, 6.07) is 0. The van der Waals surface area contributed by atoms with Gasteiger partial charge in [-0.2, -0.15) is 17.0 Å². The summed E-state index contributed by atoms with van der Waals surface area (Å²) in [5.74, 6) is 0. The fourth-order valence-electron chi connectivity index (χ4n) is 1.99. The van der Waals surface area contributed by atoms with Gasteiger partial charge in [0.2, 0.25) is 0 Å². The molecule has 2 atom stereocenters. The van der Waals surface area contributed by atoms with E-state index in [0.29, 0.717) is 13.3 Å². The highest BCUT2D eigenvalue weighted by atomic mass is 32.2. The molecule has 0 saturated carbocycles. The van der Waals surface area contributed by atoms with Crippen LogP contribution in [0.3, 0.4) is 0 Å². The maximum Gasteiger partial charge on any atom is 0.284 e. The molecule has 0 spiro atoms. The largest absolute Gasteiger partial charge is 0.284 e. The average Bonchev–Trinajstić information content (AvgIpc) is 1.99. The van der Waals surface area contributed by atoms with Crippen LogP contribution in [0.25, 0.3) is 0 Å². The number of hydrogen-bond acceptors (Lipinski definition) is 3. The second-order valence-corrected chi connectivity index (χ2v) is 7.58. The Kier molecular flexibility index (Phi) is 1.40. The molecule has 4 heterocycles. The molecule has 4 aliphatic heterocycles. The van der Waals surface area contributed by atoms with Crippen LogP contribution in [0.4, 0.5) is 0 Å². The highest BCUT2D eigenvalue weighted by molar-refractivity contribution is 7.88. The highest BCUT2D eigenvalue weighted by Gasteiger charge is 2.47. The van der Waals surface area contributed by atoms with Crippen LogP contribution in [0.1, 0.15) is 0 Å².